The third-order valence-electron chi connectivity index (χ3n) is 2.95. The Morgan fingerprint density at radius 1 is 1.22 bits per heavy atom. The minimum atomic E-state index is -0.534. The van der Waals surface area contributed by atoms with E-state index in [-0.39, 0.29) is 5.57 Å². The van der Waals surface area contributed by atoms with Crippen LogP contribution < -0.4 is 10.1 Å². The van der Waals surface area contributed by atoms with Crippen LogP contribution >= 0.6 is 23.2 Å². The number of amides is 1. The molecule has 0 heterocycles. The fourth-order valence-electron chi connectivity index (χ4n) is 1.82. The normalized spacial score (nSPS) is 10.8. The molecular weight excluding hydrogens is 335 g/mol. The van der Waals surface area contributed by atoms with E-state index in [0.717, 1.165) is 0 Å². The Balaban J connectivity index is 2.22. The standard InChI is InChI=1S/C17H12Cl2N2O2/c1-23-14-4-2-3-11(8-14)7-12(10-20)17(22)21-13-5-6-15(18)16(19)9-13/h2-9H,1H3,(H,21,22)/b12-7-. The van der Waals surface area contributed by atoms with Crippen LogP contribution in [0.1, 0.15) is 5.56 Å². The zero-order chi connectivity index (χ0) is 16.8. The SMILES string of the molecule is COc1cccc(/C=C(/C#N)C(=O)Nc2ccc(Cl)c(Cl)c2)c1. The van der Waals surface area contributed by atoms with Crippen molar-refractivity contribution < 1.29 is 9.53 Å². The van der Waals surface area contributed by atoms with Crippen molar-refractivity contribution in [3.63, 3.8) is 0 Å². The molecule has 6 heteroatoms. The topological polar surface area (TPSA) is 62.1 Å². The molecule has 2 aromatic carbocycles. The van der Waals surface area contributed by atoms with Crippen molar-refractivity contribution in [3.05, 3.63) is 63.6 Å². The number of methoxy groups -OCH3 is 1. The average molecular weight is 347 g/mol. The maximum Gasteiger partial charge on any atom is 0.266 e. The van der Waals surface area contributed by atoms with Crippen molar-refractivity contribution in [3.8, 4) is 11.8 Å². The maximum absolute atomic E-state index is 12.2. The Morgan fingerprint density at radius 2 is 2.00 bits per heavy atom. The predicted molar refractivity (Wildman–Crippen MR) is 91.7 cm³/mol. The van der Waals surface area contributed by atoms with E-state index in [4.69, 9.17) is 27.9 Å². The summed E-state index contributed by atoms with van der Waals surface area (Å²) in [5.74, 6) is 0.106. The van der Waals surface area contributed by atoms with Gasteiger partial charge in [-0.1, -0.05) is 35.3 Å². The van der Waals surface area contributed by atoms with Gasteiger partial charge in [-0.05, 0) is 42.0 Å². The summed E-state index contributed by atoms with van der Waals surface area (Å²) in [6, 6.07) is 13.6. The van der Waals surface area contributed by atoms with E-state index >= 15 is 0 Å². The number of nitriles is 1. The molecule has 0 aliphatic carbocycles. The lowest BCUT2D eigenvalue weighted by Gasteiger charge is -2.06. The van der Waals surface area contributed by atoms with Gasteiger partial charge in [0.1, 0.15) is 17.4 Å². The fraction of sp³-hybridized carbons (Fsp3) is 0.0588. The Kier molecular flexibility index (Phi) is 5.64. The molecule has 0 aliphatic heterocycles. The molecule has 1 N–H and O–H groups in total. The summed E-state index contributed by atoms with van der Waals surface area (Å²) >= 11 is 11.7. The highest BCUT2D eigenvalue weighted by atomic mass is 35.5. The molecule has 0 atom stereocenters. The summed E-state index contributed by atoms with van der Waals surface area (Å²) in [6.45, 7) is 0. The van der Waals surface area contributed by atoms with Gasteiger partial charge in [-0.2, -0.15) is 5.26 Å². The summed E-state index contributed by atoms with van der Waals surface area (Å²) in [5, 5.41) is 12.5. The number of rotatable bonds is 4. The molecule has 0 aromatic heterocycles. The predicted octanol–water partition coefficient (Wildman–Crippen LogP) is 4.55. The van der Waals surface area contributed by atoms with Crippen molar-refractivity contribution in [2.24, 2.45) is 0 Å². The van der Waals surface area contributed by atoms with Crippen LogP contribution in [0.25, 0.3) is 6.08 Å². The Hall–Kier alpha value is -2.48. The van der Waals surface area contributed by atoms with Crippen molar-refractivity contribution >= 4 is 40.9 Å². The first-order valence-electron chi connectivity index (χ1n) is 6.55. The Bertz CT molecular complexity index is 810. The highest BCUT2D eigenvalue weighted by molar-refractivity contribution is 6.42. The molecule has 0 spiro atoms. The van der Waals surface area contributed by atoms with Crippen molar-refractivity contribution in [1.82, 2.24) is 0 Å². The second kappa shape index (κ2) is 7.68. The first-order valence-corrected chi connectivity index (χ1v) is 7.31. The molecule has 0 fully saturated rings. The molecule has 0 unspecified atom stereocenters. The van der Waals surface area contributed by atoms with Gasteiger partial charge in [0, 0.05) is 5.69 Å². The van der Waals surface area contributed by atoms with Crippen molar-refractivity contribution in [1.29, 1.82) is 5.26 Å². The highest BCUT2D eigenvalue weighted by Gasteiger charge is 2.10. The third-order valence-corrected chi connectivity index (χ3v) is 3.69. The van der Waals surface area contributed by atoms with Crippen molar-refractivity contribution in [2.75, 3.05) is 12.4 Å². The number of halogens is 2. The van der Waals surface area contributed by atoms with Crippen LogP contribution in [-0.2, 0) is 4.79 Å². The van der Waals surface area contributed by atoms with Gasteiger partial charge in [0.05, 0.1) is 17.2 Å². The number of nitrogens with one attached hydrogen (secondary N) is 1. The monoisotopic (exact) mass is 346 g/mol. The molecule has 0 saturated carbocycles. The number of benzene rings is 2. The lowest BCUT2D eigenvalue weighted by Crippen LogP contribution is -2.13. The van der Waals surface area contributed by atoms with Gasteiger partial charge in [-0.15, -0.1) is 0 Å². The Morgan fingerprint density at radius 3 is 2.65 bits per heavy atom. The van der Waals surface area contributed by atoms with Gasteiger partial charge in [-0.25, -0.2) is 0 Å². The maximum atomic E-state index is 12.2. The molecule has 0 aliphatic rings. The van der Waals surface area contributed by atoms with E-state index < -0.39 is 5.91 Å². The van der Waals surface area contributed by atoms with Crippen LogP contribution in [0, 0.1) is 11.3 Å². The summed E-state index contributed by atoms with van der Waals surface area (Å²) in [4.78, 5) is 12.2. The summed E-state index contributed by atoms with van der Waals surface area (Å²) < 4.78 is 5.11. The fourth-order valence-corrected chi connectivity index (χ4v) is 2.12. The van der Waals surface area contributed by atoms with Crippen LogP contribution in [0.15, 0.2) is 48.0 Å². The van der Waals surface area contributed by atoms with E-state index in [1.165, 1.54) is 12.1 Å². The summed E-state index contributed by atoms with van der Waals surface area (Å²) in [7, 11) is 1.55. The van der Waals surface area contributed by atoms with Gasteiger partial charge in [0.15, 0.2) is 0 Å². The molecule has 0 bridgehead atoms. The highest BCUT2D eigenvalue weighted by Crippen LogP contribution is 2.25. The zero-order valence-corrected chi connectivity index (χ0v) is 13.7. The Labute approximate surface area is 143 Å². The van der Waals surface area contributed by atoms with E-state index in [1.54, 1.807) is 43.5 Å². The molecule has 2 rings (SSSR count). The van der Waals surface area contributed by atoms with E-state index in [0.29, 0.717) is 27.0 Å². The van der Waals surface area contributed by atoms with E-state index in [1.807, 2.05) is 6.07 Å². The minimum absolute atomic E-state index is 0.0377. The van der Waals surface area contributed by atoms with Crippen LogP contribution in [0.5, 0.6) is 5.75 Å². The first-order chi connectivity index (χ1) is 11.0. The van der Waals surface area contributed by atoms with Crippen LogP contribution in [0.2, 0.25) is 10.0 Å². The van der Waals surface area contributed by atoms with Crippen LogP contribution in [0.4, 0.5) is 5.69 Å². The largest absolute Gasteiger partial charge is 0.497 e. The summed E-state index contributed by atoms with van der Waals surface area (Å²) in [5.41, 5.74) is 1.10. The molecule has 23 heavy (non-hydrogen) atoms. The van der Waals surface area contributed by atoms with Crippen LogP contribution in [-0.4, -0.2) is 13.0 Å². The molecular formula is C17H12Cl2N2O2. The smallest absolute Gasteiger partial charge is 0.266 e. The van der Waals surface area contributed by atoms with E-state index in [2.05, 4.69) is 5.32 Å². The second-order valence-electron chi connectivity index (χ2n) is 4.53. The molecule has 116 valence electrons. The van der Waals surface area contributed by atoms with E-state index in [9.17, 15) is 10.1 Å². The average Bonchev–Trinajstić information content (AvgIpc) is 2.56. The number of hydrogen-bond donors (Lipinski definition) is 1. The van der Waals surface area contributed by atoms with Gasteiger partial charge in [0.25, 0.3) is 5.91 Å². The number of hydrogen-bond acceptors (Lipinski definition) is 3. The minimum Gasteiger partial charge on any atom is -0.497 e. The van der Waals surface area contributed by atoms with Gasteiger partial charge in [0.2, 0.25) is 0 Å². The molecule has 2 aromatic rings. The first kappa shape index (κ1) is 16.9. The number of anilines is 1. The summed E-state index contributed by atoms with van der Waals surface area (Å²) in [6.07, 6.45) is 1.48. The molecule has 1 amide bonds. The number of ether oxygens (including phenoxy) is 1. The number of carbonyl (C=O) groups is 1. The van der Waals surface area contributed by atoms with Gasteiger partial charge < -0.3 is 10.1 Å². The molecule has 0 saturated heterocycles. The second-order valence-corrected chi connectivity index (χ2v) is 5.34. The quantitative estimate of drug-likeness (QED) is 0.652. The third kappa shape index (κ3) is 4.49. The molecule has 0 radical (unpaired) electrons. The molecule has 4 nitrogen and oxygen atoms in total. The number of nitrogens with zero attached hydrogens (tertiary/aromatic N) is 1. The van der Waals surface area contributed by atoms with Crippen LogP contribution in [0.3, 0.4) is 0 Å². The van der Waals surface area contributed by atoms with Gasteiger partial charge >= 0.3 is 0 Å². The van der Waals surface area contributed by atoms with Gasteiger partial charge in [-0.3, -0.25) is 4.79 Å². The lowest BCUT2D eigenvalue weighted by atomic mass is 10.1. The number of carbonyl (C=O) groups excluding carboxylic acids is 1. The van der Waals surface area contributed by atoms with Crippen molar-refractivity contribution in [2.45, 2.75) is 0 Å². The zero-order valence-electron chi connectivity index (χ0n) is 12.1. The lowest BCUT2D eigenvalue weighted by molar-refractivity contribution is -0.112.